The summed E-state index contributed by atoms with van der Waals surface area (Å²) in [4.78, 5) is 0. The van der Waals surface area contributed by atoms with Crippen molar-refractivity contribution in [2.24, 2.45) is 11.8 Å². The Bertz CT molecular complexity index is 390. The van der Waals surface area contributed by atoms with Crippen molar-refractivity contribution in [3.63, 3.8) is 0 Å². The highest BCUT2D eigenvalue weighted by Crippen LogP contribution is 2.23. The molecule has 2 atom stereocenters. The van der Waals surface area contributed by atoms with E-state index in [9.17, 15) is 8.78 Å². The van der Waals surface area contributed by atoms with Crippen LogP contribution < -0.4 is 5.32 Å². The van der Waals surface area contributed by atoms with Crippen molar-refractivity contribution in [2.45, 2.75) is 46.6 Å². The highest BCUT2D eigenvalue weighted by molar-refractivity contribution is 5.19. The zero-order valence-electron chi connectivity index (χ0n) is 12.3. The molecule has 0 aliphatic carbocycles. The molecule has 0 spiro atoms. The van der Waals surface area contributed by atoms with Gasteiger partial charge in [-0.2, -0.15) is 0 Å². The molecule has 1 N–H and O–H groups in total. The van der Waals surface area contributed by atoms with Gasteiger partial charge >= 0.3 is 0 Å². The first-order chi connectivity index (χ1) is 8.95. The highest BCUT2D eigenvalue weighted by Gasteiger charge is 2.22. The normalized spacial score (nSPS) is 14.7. The standard InChI is InChI=1S/C16H25F2N/c1-5-8-19-12(4)15(11(2)3)10-13-9-14(17)6-7-16(13)18/h6-7,9,11-12,15,19H,5,8,10H2,1-4H3. The summed E-state index contributed by atoms with van der Waals surface area (Å²) in [5, 5.41) is 3.45. The smallest absolute Gasteiger partial charge is 0.126 e. The molecule has 0 fully saturated rings. The van der Waals surface area contributed by atoms with Crippen LogP contribution in [0.1, 0.15) is 39.7 Å². The molecule has 0 saturated carbocycles. The Morgan fingerprint density at radius 1 is 1.16 bits per heavy atom. The summed E-state index contributed by atoms with van der Waals surface area (Å²) in [6, 6.07) is 3.99. The van der Waals surface area contributed by atoms with Crippen LogP contribution in [0.25, 0.3) is 0 Å². The lowest BCUT2D eigenvalue weighted by atomic mass is 9.83. The van der Waals surface area contributed by atoms with Crippen LogP contribution in [0.3, 0.4) is 0 Å². The van der Waals surface area contributed by atoms with Gasteiger partial charge in [-0.25, -0.2) is 8.78 Å². The zero-order chi connectivity index (χ0) is 14.4. The van der Waals surface area contributed by atoms with Crippen molar-refractivity contribution >= 4 is 0 Å². The third-order valence-corrected chi connectivity index (χ3v) is 3.68. The van der Waals surface area contributed by atoms with E-state index in [1.54, 1.807) is 0 Å². The van der Waals surface area contributed by atoms with Crippen LogP contribution in [0.2, 0.25) is 0 Å². The predicted molar refractivity (Wildman–Crippen MR) is 76.1 cm³/mol. The molecule has 1 aromatic rings. The molecular weight excluding hydrogens is 244 g/mol. The molecule has 19 heavy (non-hydrogen) atoms. The van der Waals surface area contributed by atoms with Crippen molar-refractivity contribution in [3.05, 3.63) is 35.4 Å². The molecule has 0 saturated heterocycles. The van der Waals surface area contributed by atoms with Gasteiger partial charge in [-0.3, -0.25) is 0 Å². The van der Waals surface area contributed by atoms with E-state index in [-0.39, 0.29) is 11.6 Å². The topological polar surface area (TPSA) is 12.0 Å². The fourth-order valence-corrected chi connectivity index (χ4v) is 2.47. The van der Waals surface area contributed by atoms with Crippen LogP contribution in [0, 0.1) is 23.5 Å². The van der Waals surface area contributed by atoms with E-state index < -0.39 is 0 Å². The third-order valence-electron chi connectivity index (χ3n) is 3.68. The van der Waals surface area contributed by atoms with Crippen LogP contribution in [0.4, 0.5) is 8.78 Å². The van der Waals surface area contributed by atoms with Crippen molar-refractivity contribution < 1.29 is 8.78 Å². The molecule has 0 aromatic heterocycles. The second-order valence-electron chi connectivity index (χ2n) is 5.59. The monoisotopic (exact) mass is 269 g/mol. The Hall–Kier alpha value is -0.960. The van der Waals surface area contributed by atoms with Gasteiger partial charge < -0.3 is 5.32 Å². The van der Waals surface area contributed by atoms with Gasteiger partial charge in [0.1, 0.15) is 11.6 Å². The van der Waals surface area contributed by atoms with Gasteiger partial charge in [0.25, 0.3) is 0 Å². The van der Waals surface area contributed by atoms with E-state index in [1.165, 1.54) is 18.2 Å². The maximum atomic E-state index is 13.7. The minimum Gasteiger partial charge on any atom is -0.314 e. The summed E-state index contributed by atoms with van der Waals surface area (Å²) < 4.78 is 26.9. The molecule has 0 radical (unpaired) electrons. The Balaban J connectivity index is 2.80. The Labute approximate surface area is 115 Å². The average Bonchev–Trinajstić information content (AvgIpc) is 2.36. The highest BCUT2D eigenvalue weighted by atomic mass is 19.1. The number of nitrogens with one attached hydrogen (secondary N) is 1. The summed E-state index contributed by atoms with van der Waals surface area (Å²) in [5.41, 5.74) is 0.476. The van der Waals surface area contributed by atoms with Gasteiger partial charge in [0.2, 0.25) is 0 Å². The van der Waals surface area contributed by atoms with Gasteiger partial charge in [0, 0.05) is 6.04 Å². The SMILES string of the molecule is CCCNC(C)C(Cc1cc(F)ccc1F)C(C)C. The molecule has 0 heterocycles. The van der Waals surface area contributed by atoms with Crippen molar-refractivity contribution in [1.29, 1.82) is 0 Å². The molecule has 1 aromatic carbocycles. The molecule has 3 heteroatoms. The average molecular weight is 269 g/mol. The van der Waals surface area contributed by atoms with E-state index in [1.807, 2.05) is 0 Å². The maximum Gasteiger partial charge on any atom is 0.126 e. The van der Waals surface area contributed by atoms with Crippen molar-refractivity contribution in [2.75, 3.05) is 6.54 Å². The third kappa shape index (κ3) is 4.90. The largest absolute Gasteiger partial charge is 0.314 e. The Kier molecular flexibility index (Phi) is 6.43. The van der Waals surface area contributed by atoms with E-state index in [0.29, 0.717) is 29.9 Å². The molecule has 0 aliphatic heterocycles. The number of rotatable bonds is 7. The van der Waals surface area contributed by atoms with Gasteiger partial charge in [-0.1, -0.05) is 20.8 Å². The number of hydrogen-bond acceptors (Lipinski definition) is 1. The first kappa shape index (κ1) is 16.1. The van der Waals surface area contributed by atoms with Gasteiger partial charge in [-0.15, -0.1) is 0 Å². The van der Waals surface area contributed by atoms with E-state index >= 15 is 0 Å². The lowest BCUT2D eigenvalue weighted by Gasteiger charge is -2.28. The number of halogens is 2. The summed E-state index contributed by atoms with van der Waals surface area (Å²) in [6.45, 7) is 9.46. The van der Waals surface area contributed by atoms with Crippen LogP contribution >= 0.6 is 0 Å². The number of hydrogen-bond donors (Lipinski definition) is 1. The lowest BCUT2D eigenvalue weighted by molar-refractivity contribution is 0.286. The Morgan fingerprint density at radius 3 is 2.42 bits per heavy atom. The second-order valence-corrected chi connectivity index (χ2v) is 5.59. The molecule has 1 nitrogen and oxygen atoms in total. The lowest BCUT2D eigenvalue weighted by Crippen LogP contribution is -2.38. The second kappa shape index (κ2) is 7.59. The molecule has 108 valence electrons. The molecule has 1 rings (SSSR count). The van der Waals surface area contributed by atoms with E-state index in [4.69, 9.17) is 0 Å². The first-order valence-corrected chi connectivity index (χ1v) is 7.13. The fourth-order valence-electron chi connectivity index (χ4n) is 2.47. The molecular formula is C16H25F2N. The number of benzene rings is 1. The van der Waals surface area contributed by atoms with Crippen LogP contribution in [0.15, 0.2) is 18.2 Å². The van der Waals surface area contributed by atoms with Crippen molar-refractivity contribution in [3.8, 4) is 0 Å². The summed E-state index contributed by atoms with van der Waals surface area (Å²) >= 11 is 0. The minimum absolute atomic E-state index is 0.294. The molecule has 0 bridgehead atoms. The van der Waals surface area contributed by atoms with E-state index in [0.717, 1.165) is 13.0 Å². The summed E-state index contributed by atoms with van der Waals surface area (Å²) in [7, 11) is 0. The van der Waals surface area contributed by atoms with Crippen LogP contribution in [-0.4, -0.2) is 12.6 Å². The Morgan fingerprint density at radius 2 is 1.84 bits per heavy atom. The predicted octanol–water partition coefficient (Wildman–Crippen LogP) is 4.17. The minimum atomic E-state index is -0.368. The quantitative estimate of drug-likeness (QED) is 0.783. The molecule has 0 aliphatic rings. The molecule has 2 unspecified atom stereocenters. The van der Waals surface area contributed by atoms with Gasteiger partial charge in [0.15, 0.2) is 0 Å². The first-order valence-electron chi connectivity index (χ1n) is 7.13. The van der Waals surface area contributed by atoms with Gasteiger partial charge in [0.05, 0.1) is 0 Å². The summed E-state index contributed by atoms with van der Waals surface area (Å²) in [5.74, 6) is 0.0349. The molecule has 0 amide bonds. The van der Waals surface area contributed by atoms with Crippen molar-refractivity contribution in [1.82, 2.24) is 5.32 Å². The van der Waals surface area contributed by atoms with E-state index in [2.05, 4.69) is 33.0 Å². The van der Waals surface area contributed by atoms with Gasteiger partial charge in [-0.05, 0) is 61.9 Å². The maximum absolute atomic E-state index is 13.7. The van der Waals surface area contributed by atoms with Crippen LogP contribution in [-0.2, 0) is 6.42 Å². The fraction of sp³-hybridized carbons (Fsp3) is 0.625. The summed E-state index contributed by atoms with van der Waals surface area (Å²) in [6.07, 6.45) is 1.64. The zero-order valence-corrected chi connectivity index (χ0v) is 12.3. The van der Waals surface area contributed by atoms with Crippen LogP contribution in [0.5, 0.6) is 0 Å².